The van der Waals surface area contributed by atoms with Gasteiger partial charge in [0, 0.05) is 13.1 Å². The van der Waals surface area contributed by atoms with Gasteiger partial charge < -0.3 is 15.1 Å². The lowest BCUT2D eigenvalue weighted by Gasteiger charge is -2.17. The molecule has 2 atom stereocenters. The number of phenolic OH excluding ortho intramolecular Hbond substituents is 1. The van der Waals surface area contributed by atoms with Crippen LogP contribution in [0.1, 0.15) is 17.3 Å². The summed E-state index contributed by atoms with van der Waals surface area (Å²) in [6.45, 7) is 2.00. The molecular formula is C13H14FNO4. The van der Waals surface area contributed by atoms with Gasteiger partial charge in [-0.3, -0.25) is 9.59 Å². The Morgan fingerprint density at radius 1 is 1.37 bits per heavy atom. The standard InChI is InChI=1S/C13H14FNO4/c1-7-5-15(6-8(7)13(18)19)12(17)11-9(14)3-2-4-10(11)16/h2-4,7-8,16H,5-6H2,1H3,(H,18,19)/t7-,8-/m1/s1. The minimum Gasteiger partial charge on any atom is -0.507 e. The molecule has 1 aliphatic rings. The first kappa shape index (κ1) is 13.3. The van der Waals surface area contributed by atoms with Crippen molar-refractivity contribution in [2.24, 2.45) is 11.8 Å². The normalized spacial score (nSPS) is 22.5. The Morgan fingerprint density at radius 3 is 2.58 bits per heavy atom. The first-order valence-electron chi connectivity index (χ1n) is 5.91. The smallest absolute Gasteiger partial charge is 0.308 e. The molecule has 5 nitrogen and oxygen atoms in total. The van der Waals surface area contributed by atoms with E-state index in [-0.39, 0.29) is 19.0 Å². The van der Waals surface area contributed by atoms with Gasteiger partial charge in [0.05, 0.1) is 5.92 Å². The number of aromatic hydroxyl groups is 1. The van der Waals surface area contributed by atoms with Crippen LogP contribution in [0.5, 0.6) is 5.75 Å². The molecule has 0 bridgehead atoms. The first-order valence-corrected chi connectivity index (χ1v) is 5.91. The molecule has 1 saturated heterocycles. The number of amides is 1. The van der Waals surface area contributed by atoms with Gasteiger partial charge in [-0.1, -0.05) is 13.0 Å². The Labute approximate surface area is 109 Å². The summed E-state index contributed by atoms with van der Waals surface area (Å²) in [6, 6.07) is 3.61. The summed E-state index contributed by atoms with van der Waals surface area (Å²) < 4.78 is 13.6. The summed E-state index contributed by atoms with van der Waals surface area (Å²) in [4.78, 5) is 24.4. The predicted molar refractivity (Wildman–Crippen MR) is 64.3 cm³/mol. The first-order chi connectivity index (χ1) is 8.91. The van der Waals surface area contributed by atoms with E-state index in [1.54, 1.807) is 6.92 Å². The van der Waals surface area contributed by atoms with Crippen LogP contribution in [0.4, 0.5) is 4.39 Å². The Kier molecular flexibility index (Phi) is 3.42. The number of aliphatic carboxylic acids is 1. The van der Waals surface area contributed by atoms with E-state index in [4.69, 9.17) is 5.11 Å². The van der Waals surface area contributed by atoms with E-state index >= 15 is 0 Å². The number of carboxylic acid groups (broad SMARTS) is 1. The molecule has 0 aromatic heterocycles. The van der Waals surface area contributed by atoms with E-state index in [0.717, 1.165) is 6.07 Å². The molecule has 102 valence electrons. The third kappa shape index (κ3) is 2.38. The summed E-state index contributed by atoms with van der Waals surface area (Å²) in [5.41, 5.74) is -0.402. The van der Waals surface area contributed by atoms with Crippen LogP contribution < -0.4 is 0 Å². The minimum absolute atomic E-state index is 0.0309. The van der Waals surface area contributed by atoms with Gasteiger partial charge in [0.2, 0.25) is 0 Å². The fraction of sp³-hybridized carbons (Fsp3) is 0.385. The van der Waals surface area contributed by atoms with Gasteiger partial charge in [-0.15, -0.1) is 0 Å². The number of carbonyl (C=O) groups is 2. The molecule has 1 aromatic carbocycles. The van der Waals surface area contributed by atoms with Crippen molar-refractivity contribution >= 4 is 11.9 Å². The van der Waals surface area contributed by atoms with Crippen LogP contribution in [0.2, 0.25) is 0 Å². The fourth-order valence-corrected chi connectivity index (χ4v) is 2.34. The summed E-state index contributed by atoms with van der Waals surface area (Å²) >= 11 is 0. The van der Waals surface area contributed by atoms with Gasteiger partial charge in [-0.25, -0.2) is 4.39 Å². The fourth-order valence-electron chi connectivity index (χ4n) is 2.34. The number of hydrogen-bond acceptors (Lipinski definition) is 3. The van der Waals surface area contributed by atoms with Crippen molar-refractivity contribution in [3.8, 4) is 5.75 Å². The summed E-state index contributed by atoms with van der Waals surface area (Å²) in [5.74, 6) is -3.74. The quantitative estimate of drug-likeness (QED) is 0.847. The van der Waals surface area contributed by atoms with Crippen molar-refractivity contribution < 1.29 is 24.2 Å². The Morgan fingerprint density at radius 2 is 2.05 bits per heavy atom. The van der Waals surface area contributed by atoms with E-state index in [1.165, 1.54) is 17.0 Å². The largest absolute Gasteiger partial charge is 0.507 e. The van der Waals surface area contributed by atoms with Crippen molar-refractivity contribution in [2.45, 2.75) is 6.92 Å². The molecule has 1 fully saturated rings. The molecule has 1 amide bonds. The van der Waals surface area contributed by atoms with Gasteiger partial charge >= 0.3 is 5.97 Å². The van der Waals surface area contributed by atoms with Gasteiger partial charge in [-0.2, -0.15) is 0 Å². The zero-order valence-electron chi connectivity index (χ0n) is 10.3. The van der Waals surface area contributed by atoms with Gasteiger partial charge in [0.1, 0.15) is 17.1 Å². The van der Waals surface area contributed by atoms with E-state index in [2.05, 4.69) is 0 Å². The molecule has 2 N–H and O–H groups in total. The number of rotatable bonds is 2. The summed E-state index contributed by atoms with van der Waals surface area (Å²) in [6.07, 6.45) is 0. The van der Waals surface area contributed by atoms with Crippen LogP contribution in [-0.2, 0) is 4.79 Å². The second kappa shape index (κ2) is 4.87. The van der Waals surface area contributed by atoms with Crippen LogP contribution in [-0.4, -0.2) is 40.1 Å². The molecule has 0 aliphatic carbocycles. The molecule has 0 spiro atoms. The molecule has 1 aromatic rings. The number of nitrogens with zero attached hydrogens (tertiary/aromatic N) is 1. The zero-order valence-corrected chi connectivity index (χ0v) is 10.3. The minimum atomic E-state index is -0.972. The van der Waals surface area contributed by atoms with Crippen molar-refractivity contribution in [1.29, 1.82) is 0 Å². The third-order valence-corrected chi connectivity index (χ3v) is 3.42. The number of phenols is 1. The Hall–Kier alpha value is -2.11. The maximum atomic E-state index is 13.6. The average Bonchev–Trinajstić information content (AvgIpc) is 2.71. The van der Waals surface area contributed by atoms with E-state index < -0.39 is 34.9 Å². The molecule has 2 rings (SSSR count). The van der Waals surface area contributed by atoms with Crippen molar-refractivity contribution in [3.05, 3.63) is 29.6 Å². The monoisotopic (exact) mass is 267 g/mol. The number of likely N-dealkylation sites (tertiary alicyclic amines) is 1. The van der Waals surface area contributed by atoms with Gasteiger partial charge in [0.25, 0.3) is 5.91 Å². The maximum absolute atomic E-state index is 13.6. The molecule has 6 heteroatoms. The second-order valence-electron chi connectivity index (χ2n) is 4.77. The van der Waals surface area contributed by atoms with E-state index in [9.17, 15) is 19.1 Å². The molecular weight excluding hydrogens is 253 g/mol. The van der Waals surface area contributed by atoms with Crippen molar-refractivity contribution in [1.82, 2.24) is 4.90 Å². The van der Waals surface area contributed by atoms with Crippen molar-refractivity contribution in [2.75, 3.05) is 13.1 Å². The molecule has 19 heavy (non-hydrogen) atoms. The van der Waals surface area contributed by atoms with Crippen LogP contribution >= 0.6 is 0 Å². The zero-order chi connectivity index (χ0) is 14.2. The van der Waals surface area contributed by atoms with E-state index in [1.807, 2.05) is 0 Å². The highest BCUT2D eigenvalue weighted by Crippen LogP contribution is 2.28. The van der Waals surface area contributed by atoms with Crippen LogP contribution in [0, 0.1) is 17.7 Å². The molecule has 0 unspecified atom stereocenters. The maximum Gasteiger partial charge on any atom is 0.308 e. The van der Waals surface area contributed by atoms with Crippen LogP contribution in [0.3, 0.4) is 0 Å². The summed E-state index contributed by atoms with van der Waals surface area (Å²) in [5, 5.41) is 18.6. The SMILES string of the molecule is C[C@@H]1CN(C(=O)c2c(O)cccc2F)C[C@H]1C(=O)O. The number of halogens is 1. The molecule has 1 heterocycles. The predicted octanol–water partition coefficient (Wildman–Crippen LogP) is 1.32. The summed E-state index contributed by atoms with van der Waals surface area (Å²) in [7, 11) is 0. The van der Waals surface area contributed by atoms with Gasteiger partial charge in [-0.05, 0) is 18.1 Å². The lowest BCUT2D eigenvalue weighted by molar-refractivity contribution is -0.142. The average molecular weight is 267 g/mol. The van der Waals surface area contributed by atoms with Crippen LogP contribution in [0.15, 0.2) is 18.2 Å². The highest BCUT2D eigenvalue weighted by molar-refractivity contribution is 5.97. The lowest BCUT2D eigenvalue weighted by Crippen LogP contribution is -2.30. The molecule has 1 aliphatic heterocycles. The van der Waals surface area contributed by atoms with Gasteiger partial charge in [0.15, 0.2) is 0 Å². The van der Waals surface area contributed by atoms with E-state index in [0.29, 0.717) is 0 Å². The Bertz CT molecular complexity index is 511. The third-order valence-electron chi connectivity index (χ3n) is 3.42. The van der Waals surface area contributed by atoms with Crippen LogP contribution in [0.25, 0.3) is 0 Å². The van der Waals surface area contributed by atoms with Crippen molar-refractivity contribution in [3.63, 3.8) is 0 Å². The highest BCUT2D eigenvalue weighted by Gasteiger charge is 2.38. The molecule has 0 saturated carbocycles. The number of benzene rings is 1. The Balaban J connectivity index is 2.25. The number of hydrogen-bond donors (Lipinski definition) is 2. The number of carbonyl (C=O) groups excluding carboxylic acids is 1. The topological polar surface area (TPSA) is 77.8 Å². The number of carboxylic acids is 1. The highest BCUT2D eigenvalue weighted by atomic mass is 19.1. The molecule has 0 radical (unpaired) electrons. The lowest BCUT2D eigenvalue weighted by atomic mass is 9.99. The second-order valence-corrected chi connectivity index (χ2v) is 4.77.